The van der Waals surface area contributed by atoms with Crippen LogP contribution in [0.1, 0.15) is 29.2 Å². The number of rotatable bonds is 8. The fourth-order valence-electron chi connectivity index (χ4n) is 3.29. The molecule has 1 unspecified atom stereocenters. The molecular formula is C22H19Cl2FN2O2S. The number of anilines is 1. The summed E-state index contributed by atoms with van der Waals surface area (Å²) in [6.07, 6.45) is 2.47. The average Bonchev–Trinajstić information content (AvgIpc) is 3.47. The summed E-state index contributed by atoms with van der Waals surface area (Å²) in [5.41, 5.74) is 2.41. The van der Waals surface area contributed by atoms with Crippen molar-refractivity contribution in [3.05, 3.63) is 68.8 Å². The number of carboxylic acid groups (broad SMARTS) is 1. The van der Waals surface area contributed by atoms with Gasteiger partial charge in [-0.1, -0.05) is 41.4 Å². The predicted molar refractivity (Wildman–Crippen MR) is 119 cm³/mol. The summed E-state index contributed by atoms with van der Waals surface area (Å²) in [6.45, 7) is 0.199. The number of aliphatic carboxylic acids is 1. The fourth-order valence-corrected chi connectivity index (χ4v) is 4.75. The highest BCUT2D eigenvalue weighted by Gasteiger charge is 2.30. The van der Waals surface area contributed by atoms with Gasteiger partial charge < -0.3 is 10.4 Å². The molecular weight excluding hydrogens is 446 g/mol. The molecule has 1 aromatic heterocycles. The molecule has 4 rings (SSSR count). The van der Waals surface area contributed by atoms with E-state index in [4.69, 9.17) is 28.2 Å². The Bertz CT molecular complexity index is 1080. The molecule has 1 fully saturated rings. The molecule has 8 heteroatoms. The van der Waals surface area contributed by atoms with Crippen molar-refractivity contribution < 1.29 is 14.3 Å². The van der Waals surface area contributed by atoms with Crippen molar-refractivity contribution in [3.8, 4) is 11.3 Å². The summed E-state index contributed by atoms with van der Waals surface area (Å²) < 4.78 is 13.4. The Morgan fingerprint density at radius 2 is 2.03 bits per heavy atom. The van der Waals surface area contributed by atoms with Crippen LogP contribution in [0.2, 0.25) is 10.0 Å². The van der Waals surface area contributed by atoms with Crippen LogP contribution in [0.25, 0.3) is 11.3 Å². The van der Waals surface area contributed by atoms with E-state index in [-0.39, 0.29) is 18.8 Å². The van der Waals surface area contributed by atoms with E-state index in [1.807, 2.05) is 6.07 Å². The second kappa shape index (κ2) is 8.92. The zero-order chi connectivity index (χ0) is 21.3. The SMILES string of the molecule is O=C(O)C(CNc1nc(-c2ccc(Cl)c(Cl)c2)c(C2CC2)s1)Cc1cccc(F)c1. The maximum absolute atomic E-state index is 13.4. The molecule has 0 aliphatic heterocycles. The molecule has 3 aromatic rings. The molecule has 1 heterocycles. The molecule has 1 saturated carbocycles. The molecule has 0 saturated heterocycles. The Kier molecular flexibility index (Phi) is 6.27. The van der Waals surface area contributed by atoms with Crippen molar-refractivity contribution in [2.45, 2.75) is 25.2 Å². The zero-order valence-corrected chi connectivity index (χ0v) is 18.2. The number of nitrogens with one attached hydrogen (secondary N) is 1. The normalized spacial score (nSPS) is 14.5. The Morgan fingerprint density at radius 3 is 2.70 bits per heavy atom. The summed E-state index contributed by atoms with van der Waals surface area (Å²) in [6, 6.07) is 11.5. The first kappa shape index (κ1) is 21.1. The quantitative estimate of drug-likeness (QED) is 0.399. The van der Waals surface area contributed by atoms with E-state index >= 15 is 0 Å². The van der Waals surface area contributed by atoms with Gasteiger partial charge in [-0.25, -0.2) is 9.37 Å². The third-order valence-electron chi connectivity index (χ3n) is 5.01. The molecule has 0 spiro atoms. The number of nitrogens with zero attached hydrogens (tertiary/aromatic N) is 1. The van der Waals surface area contributed by atoms with Gasteiger partial charge in [-0.3, -0.25) is 4.79 Å². The van der Waals surface area contributed by atoms with Gasteiger partial charge in [0.15, 0.2) is 5.13 Å². The lowest BCUT2D eigenvalue weighted by Crippen LogP contribution is -2.25. The van der Waals surface area contributed by atoms with Gasteiger partial charge in [-0.15, -0.1) is 11.3 Å². The van der Waals surface area contributed by atoms with Gasteiger partial charge in [0, 0.05) is 17.0 Å². The van der Waals surface area contributed by atoms with E-state index in [1.54, 1.807) is 35.6 Å². The molecule has 1 aliphatic rings. The molecule has 4 nitrogen and oxygen atoms in total. The van der Waals surface area contributed by atoms with Gasteiger partial charge in [0.2, 0.25) is 0 Å². The van der Waals surface area contributed by atoms with E-state index in [0.717, 1.165) is 24.1 Å². The second-order valence-electron chi connectivity index (χ2n) is 7.39. The lowest BCUT2D eigenvalue weighted by molar-refractivity contribution is -0.141. The summed E-state index contributed by atoms with van der Waals surface area (Å²) >= 11 is 13.8. The van der Waals surface area contributed by atoms with Crippen LogP contribution in [0.5, 0.6) is 0 Å². The van der Waals surface area contributed by atoms with Gasteiger partial charge in [0.1, 0.15) is 5.82 Å². The Morgan fingerprint density at radius 1 is 1.23 bits per heavy atom. The standard InChI is InChI=1S/C22H19Cl2FN2O2S/c23-17-7-6-14(10-18(17)24)19-20(13-4-5-13)30-22(27-19)26-11-15(21(28)29)8-12-2-1-3-16(25)9-12/h1-3,6-7,9-10,13,15H,4-5,8,11H2,(H,26,27)(H,28,29). The number of carbonyl (C=O) groups is 1. The number of benzene rings is 2. The van der Waals surface area contributed by atoms with Gasteiger partial charge >= 0.3 is 5.97 Å². The van der Waals surface area contributed by atoms with Gasteiger partial charge in [-0.2, -0.15) is 0 Å². The maximum atomic E-state index is 13.4. The Balaban J connectivity index is 1.52. The van der Waals surface area contributed by atoms with Gasteiger partial charge in [-0.05, 0) is 55.0 Å². The van der Waals surface area contributed by atoms with Crippen LogP contribution in [0.15, 0.2) is 42.5 Å². The van der Waals surface area contributed by atoms with Crippen LogP contribution in [-0.2, 0) is 11.2 Å². The first-order valence-corrected chi connectivity index (χ1v) is 11.1. The minimum Gasteiger partial charge on any atom is -0.481 e. The largest absolute Gasteiger partial charge is 0.481 e. The molecule has 2 aromatic carbocycles. The van der Waals surface area contributed by atoms with E-state index in [1.165, 1.54) is 17.0 Å². The van der Waals surface area contributed by atoms with E-state index in [9.17, 15) is 14.3 Å². The fraction of sp³-hybridized carbons (Fsp3) is 0.273. The topological polar surface area (TPSA) is 62.2 Å². The molecule has 1 atom stereocenters. The number of aromatic nitrogens is 1. The number of thiazole rings is 1. The number of carboxylic acids is 1. The highest BCUT2D eigenvalue weighted by atomic mass is 35.5. The highest BCUT2D eigenvalue weighted by Crippen LogP contribution is 2.48. The van der Waals surface area contributed by atoms with Crippen LogP contribution >= 0.6 is 34.5 Å². The summed E-state index contributed by atoms with van der Waals surface area (Å²) in [7, 11) is 0. The first-order valence-electron chi connectivity index (χ1n) is 9.58. The number of hydrogen-bond acceptors (Lipinski definition) is 4. The molecule has 0 radical (unpaired) electrons. The monoisotopic (exact) mass is 464 g/mol. The van der Waals surface area contributed by atoms with Crippen molar-refractivity contribution in [2.24, 2.45) is 5.92 Å². The van der Waals surface area contributed by atoms with Crippen molar-refractivity contribution in [2.75, 3.05) is 11.9 Å². The smallest absolute Gasteiger partial charge is 0.308 e. The molecule has 1 aliphatic carbocycles. The Hall–Kier alpha value is -2.15. The van der Waals surface area contributed by atoms with Crippen LogP contribution in [0, 0.1) is 11.7 Å². The molecule has 156 valence electrons. The van der Waals surface area contributed by atoms with Crippen LogP contribution in [-0.4, -0.2) is 22.6 Å². The van der Waals surface area contributed by atoms with Gasteiger partial charge in [0.25, 0.3) is 0 Å². The van der Waals surface area contributed by atoms with Crippen molar-refractivity contribution in [1.82, 2.24) is 4.98 Å². The van der Waals surface area contributed by atoms with Crippen molar-refractivity contribution in [3.63, 3.8) is 0 Å². The lowest BCUT2D eigenvalue weighted by Gasteiger charge is -2.13. The van der Waals surface area contributed by atoms with Crippen LogP contribution in [0.3, 0.4) is 0 Å². The number of hydrogen-bond donors (Lipinski definition) is 2. The van der Waals surface area contributed by atoms with Crippen LogP contribution in [0.4, 0.5) is 9.52 Å². The molecule has 0 bridgehead atoms. The predicted octanol–water partition coefficient (Wildman–Crippen LogP) is 6.49. The summed E-state index contributed by atoms with van der Waals surface area (Å²) in [4.78, 5) is 17.6. The maximum Gasteiger partial charge on any atom is 0.308 e. The first-order chi connectivity index (χ1) is 14.4. The third-order valence-corrected chi connectivity index (χ3v) is 6.93. The van der Waals surface area contributed by atoms with E-state index < -0.39 is 11.9 Å². The number of halogens is 3. The van der Waals surface area contributed by atoms with Crippen molar-refractivity contribution in [1.29, 1.82) is 0 Å². The lowest BCUT2D eigenvalue weighted by atomic mass is 9.99. The average molecular weight is 465 g/mol. The molecule has 30 heavy (non-hydrogen) atoms. The summed E-state index contributed by atoms with van der Waals surface area (Å²) in [5.74, 6) is -1.53. The molecule has 0 amide bonds. The van der Waals surface area contributed by atoms with Gasteiger partial charge in [0.05, 0.1) is 21.7 Å². The minimum absolute atomic E-state index is 0.199. The van der Waals surface area contributed by atoms with Crippen LogP contribution < -0.4 is 5.32 Å². The van der Waals surface area contributed by atoms with E-state index in [0.29, 0.717) is 26.7 Å². The minimum atomic E-state index is -0.935. The zero-order valence-electron chi connectivity index (χ0n) is 15.9. The van der Waals surface area contributed by atoms with E-state index in [2.05, 4.69) is 5.32 Å². The highest BCUT2D eigenvalue weighted by molar-refractivity contribution is 7.16. The third kappa shape index (κ3) is 4.94. The molecule has 2 N–H and O–H groups in total. The Labute approximate surface area is 187 Å². The summed E-state index contributed by atoms with van der Waals surface area (Å²) in [5, 5.41) is 14.4. The second-order valence-corrected chi connectivity index (χ2v) is 9.23. The van der Waals surface area contributed by atoms with Crippen molar-refractivity contribution >= 4 is 45.6 Å².